The van der Waals surface area contributed by atoms with Gasteiger partial charge in [-0.25, -0.2) is 9.97 Å². The molecular formula is C11H18BrN3. The molecule has 84 valence electrons. The van der Waals surface area contributed by atoms with Gasteiger partial charge in [-0.05, 0) is 21.8 Å². The molecule has 0 amide bonds. The van der Waals surface area contributed by atoms with Crippen LogP contribution in [-0.4, -0.2) is 9.97 Å². The standard InChI is InChI=1S/C11H18BrN3/c1-6(2)8-7(12)9(13)15-10(14-8)11(3,4)5/h6H,1-5H3,(H2,13,14,15). The van der Waals surface area contributed by atoms with Crippen LogP contribution in [0.2, 0.25) is 0 Å². The van der Waals surface area contributed by atoms with E-state index in [1.54, 1.807) is 0 Å². The molecule has 0 saturated carbocycles. The molecule has 0 aliphatic carbocycles. The zero-order valence-electron chi connectivity index (χ0n) is 9.93. The Hall–Kier alpha value is -0.640. The molecule has 1 aromatic rings. The van der Waals surface area contributed by atoms with Crippen molar-refractivity contribution >= 4 is 21.7 Å². The van der Waals surface area contributed by atoms with Crippen molar-refractivity contribution in [2.24, 2.45) is 0 Å². The van der Waals surface area contributed by atoms with Crippen molar-refractivity contribution < 1.29 is 0 Å². The van der Waals surface area contributed by atoms with Crippen LogP contribution in [0.5, 0.6) is 0 Å². The zero-order chi connectivity index (χ0) is 11.8. The Morgan fingerprint density at radius 1 is 1.20 bits per heavy atom. The number of aromatic nitrogens is 2. The van der Waals surface area contributed by atoms with Gasteiger partial charge in [-0.1, -0.05) is 34.6 Å². The summed E-state index contributed by atoms with van der Waals surface area (Å²) in [6.45, 7) is 10.4. The summed E-state index contributed by atoms with van der Waals surface area (Å²) in [7, 11) is 0. The van der Waals surface area contributed by atoms with E-state index in [4.69, 9.17) is 5.73 Å². The van der Waals surface area contributed by atoms with E-state index in [1.807, 2.05) is 0 Å². The molecule has 4 heteroatoms. The van der Waals surface area contributed by atoms with E-state index in [1.165, 1.54) is 0 Å². The van der Waals surface area contributed by atoms with Gasteiger partial charge in [0.05, 0.1) is 10.2 Å². The fraction of sp³-hybridized carbons (Fsp3) is 0.636. The maximum Gasteiger partial charge on any atom is 0.141 e. The summed E-state index contributed by atoms with van der Waals surface area (Å²) >= 11 is 3.43. The smallest absolute Gasteiger partial charge is 0.141 e. The average molecular weight is 272 g/mol. The summed E-state index contributed by atoms with van der Waals surface area (Å²) < 4.78 is 0.825. The molecule has 0 aliphatic heterocycles. The van der Waals surface area contributed by atoms with E-state index in [2.05, 4.69) is 60.5 Å². The van der Waals surface area contributed by atoms with Gasteiger partial charge in [0.2, 0.25) is 0 Å². The van der Waals surface area contributed by atoms with Crippen LogP contribution >= 0.6 is 15.9 Å². The Bertz CT molecular complexity index is 367. The highest BCUT2D eigenvalue weighted by Crippen LogP contribution is 2.30. The molecule has 1 rings (SSSR count). The van der Waals surface area contributed by atoms with Crippen molar-refractivity contribution in [2.45, 2.75) is 46.0 Å². The maximum absolute atomic E-state index is 5.86. The molecule has 1 aromatic heterocycles. The van der Waals surface area contributed by atoms with Gasteiger partial charge in [0.25, 0.3) is 0 Å². The monoisotopic (exact) mass is 271 g/mol. The fourth-order valence-electron chi connectivity index (χ4n) is 1.20. The number of nitrogens with zero attached hydrogens (tertiary/aromatic N) is 2. The first kappa shape index (κ1) is 12.4. The van der Waals surface area contributed by atoms with E-state index in [-0.39, 0.29) is 5.41 Å². The van der Waals surface area contributed by atoms with Gasteiger partial charge in [0.15, 0.2) is 0 Å². The normalized spacial score (nSPS) is 12.2. The molecule has 1 heterocycles. The molecule has 0 fully saturated rings. The van der Waals surface area contributed by atoms with E-state index < -0.39 is 0 Å². The van der Waals surface area contributed by atoms with Gasteiger partial charge in [0, 0.05) is 5.41 Å². The average Bonchev–Trinajstić information content (AvgIpc) is 2.06. The molecule has 0 atom stereocenters. The highest BCUT2D eigenvalue weighted by molar-refractivity contribution is 9.10. The number of hydrogen-bond donors (Lipinski definition) is 1. The van der Waals surface area contributed by atoms with Crippen LogP contribution in [0, 0.1) is 0 Å². The first-order valence-electron chi connectivity index (χ1n) is 5.07. The van der Waals surface area contributed by atoms with Crippen molar-refractivity contribution in [3.8, 4) is 0 Å². The summed E-state index contributed by atoms with van der Waals surface area (Å²) in [4.78, 5) is 8.87. The number of nitrogens with two attached hydrogens (primary N) is 1. The molecule has 2 N–H and O–H groups in total. The first-order chi connectivity index (χ1) is 6.73. The molecule has 0 saturated heterocycles. The molecule has 0 aromatic carbocycles. The van der Waals surface area contributed by atoms with Crippen LogP contribution in [0.25, 0.3) is 0 Å². The predicted molar refractivity (Wildman–Crippen MR) is 66.9 cm³/mol. The lowest BCUT2D eigenvalue weighted by Gasteiger charge is -2.19. The number of nitrogen functional groups attached to an aromatic ring is 1. The lowest BCUT2D eigenvalue weighted by atomic mass is 9.95. The highest BCUT2D eigenvalue weighted by Gasteiger charge is 2.21. The van der Waals surface area contributed by atoms with Gasteiger partial charge >= 0.3 is 0 Å². The lowest BCUT2D eigenvalue weighted by Crippen LogP contribution is -2.19. The minimum atomic E-state index is -0.0710. The van der Waals surface area contributed by atoms with Crippen LogP contribution in [0.4, 0.5) is 5.82 Å². The zero-order valence-corrected chi connectivity index (χ0v) is 11.5. The molecule has 15 heavy (non-hydrogen) atoms. The maximum atomic E-state index is 5.86. The molecule has 0 aliphatic rings. The second kappa shape index (κ2) is 4.08. The third kappa shape index (κ3) is 2.68. The van der Waals surface area contributed by atoms with E-state index in [0.29, 0.717) is 11.7 Å². The minimum Gasteiger partial charge on any atom is -0.383 e. The largest absolute Gasteiger partial charge is 0.383 e. The third-order valence-corrected chi connectivity index (χ3v) is 2.93. The van der Waals surface area contributed by atoms with Crippen molar-refractivity contribution in [1.29, 1.82) is 0 Å². The number of rotatable bonds is 1. The summed E-state index contributed by atoms with van der Waals surface area (Å²) in [5.74, 6) is 1.66. The first-order valence-corrected chi connectivity index (χ1v) is 5.86. The van der Waals surface area contributed by atoms with Crippen LogP contribution in [0.3, 0.4) is 0 Å². The molecule has 0 unspecified atom stereocenters. The van der Waals surface area contributed by atoms with E-state index in [0.717, 1.165) is 16.0 Å². The van der Waals surface area contributed by atoms with Gasteiger partial charge in [-0.3, -0.25) is 0 Å². The Morgan fingerprint density at radius 2 is 1.73 bits per heavy atom. The molecule has 0 spiro atoms. The van der Waals surface area contributed by atoms with E-state index >= 15 is 0 Å². The third-order valence-electron chi connectivity index (χ3n) is 2.12. The molecular weight excluding hydrogens is 254 g/mol. The molecule has 0 bridgehead atoms. The van der Waals surface area contributed by atoms with Gasteiger partial charge < -0.3 is 5.73 Å². The van der Waals surface area contributed by atoms with E-state index in [9.17, 15) is 0 Å². The number of anilines is 1. The highest BCUT2D eigenvalue weighted by atomic mass is 79.9. The van der Waals surface area contributed by atoms with Crippen molar-refractivity contribution in [3.05, 3.63) is 16.0 Å². The minimum absolute atomic E-state index is 0.0710. The van der Waals surface area contributed by atoms with Crippen LogP contribution in [0.15, 0.2) is 4.47 Å². The van der Waals surface area contributed by atoms with Crippen LogP contribution < -0.4 is 5.73 Å². The molecule has 0 radical (unpaired) electrons. The summed E-state index contributed by atoms with van der Waals surface area (Å²) in [5, 5.41) is 0. The summed E-state index contributed by atoms with van der Waals surface area (Å²) in [6.07, 6.45) is 0. The van der Waals surface area contributed by atoms with Crippen molar-refractivity contribution in [2.75, 3.05) is 5.73 Å². The van der Waals surface area contributed by atoms with Crippen molar-refractivity contribution in [1.82, 2.24) is 9.97 Å². The number of halogens is 1. The topological polar surface area (TPSA) is 51.8 Å². The fourth-order valence-corrected chi connectivity index (χ4v) is 1.84. The second-order valence-electron chi connectivity index (χ2n) is 5.04. The van der Waals surface area contributed by atoms with Crippen LogP contribution in [0.1, 0.15) is 52.1 Å². The van der Waals surface area contributed by atoms with Gasteiger partial charge in [-0.15, -0.1) is 0 Å². The Kier molecular flexibility index (Phi) is 3.38. The molecule has 3 nitrogen and oxygen atoms in total. The van der Waals surface area contributed by atoms with Gasteiger partial charge in [0.1, 0.15) is 11.6 Å². The second-order valence-corrected chi connectivity index (χ2v) is 5.83. The Labute approximate surface area is 99.6 Å². The SMILES string of the molecule is CC(C)c1nc(C(C)(C)C)nc(N)c1Br. The van der Waals surface area contributed by atoms with Crippen LogP contribution in [-0.2, 0) is 5.41 Å². The quantitative estimate of drug-likeness (QED) is 0.853. The lowest BCUT2D eigenvalue weighted by molar-refractivity contribution is 0.539. The van der Waals surface area contributed by atoms with Crippen molar-refractivity contribution in [3.63, 3.8) is 0 Å². The Balaban J connectivity index is 3.36. The van der Waals surface area contributed by atoms with Gasteiger partial charge in [-0.2, -0.15) is 0 Å². The predicted octanol–water partition coefficient (Wildman–Crippen LogP) is 3.24. The summed E-state index contributed by atoms with van der Waals surface area (Å²) in [5.41, 5.74) is 6.77. The Morgan fingerprint density at radius 3 is 2.13 bits per heavy atom. The number of hydrogen-bond acceptors (Lipinski definition) is 3. The summed E-state index contributed by atoms with van der Waals surface area (Å²) in [6, 6.07) is 0.